The maximum atomic E-state index is 6.48. The molecular weight excluding hydrogens is 282 g/mol. The van der Waals surface area contributed by atoms with Crippen molar-refractivity contribution < 1.29 is 0 Å². The van der Waals surface area contributed by atoms with Gasteiger partial charge in [-0.3, -0.25) is 5.10 Å². The molecule has 0 saturated heterocycles. The molecule has 0 amide bonds. The van der Waals surface area contributed by atoms with E-state index in [0.717, 1.165) is 51.2 Å². The van der Waals surface area contributed by atoms with Crippen molar-refractivity contribution in [2.75, 3.05) is 6.54 Å². The topological polar surface area (TPSA) is 54.7 Å². The van der Waals surface area contributed by atoms with Crippen molar-refractivity contribution in [3.8, 4) is 11.1 Å². The van der Waals surface area contributed by atoms with Crippen LogP contribution in [0.1, 0.15) is 18.2 Å². The van der Waals surface area contributed by atoms with Crippen LogP contribution in [0, 0.1) is 0 Å². The molecule has 3 rings (SSSR count). The van der Waals surface area contributed by atoms with Crippen molar-refractivity contribution in [3.63, 3.8) is 0 Å². The molecule has 21 heavy (non-hydrogen) atoms. The number of rotatable bonds is 4. The molecule has 1 aromatic heterocycles. The molecule has 0 radical (unpaired) electrons. The predicted molar refractivity (Wildman–Crippen MR) is 88.7 cm³/mol. The summed E-state index contributed by atoms with van der Waals surface area (Å²) in [6.07, 6.45) is 1.66. The molecule has 108 valence electrons. The number of nitrogens with zero attached hydrogens (tertiary/aromatic N) is 1. The summed E-state index contributed by atoms with van der Waals surface area (Å²) in [5, 5.41) is 9.41. The van der Waals surface area contributed by atoms with Crippen LogP contribution >= 0.6 is 11.6 Å². The number of fused-ring (bicyclic) bond motifs is 1. The Morgan fingerprint density at radius 2 is 2.00 bits per heavy atom. The molecule has 0 fully saturated rings. The van der Waals surface area contributed by atoms with E-state index in [0.29, 0.717) is 6.54 Å². The summed E-state index contributed by atoms with van der Waals surface area (Å²) >= 11 is 6.48. The Morgan fingerprint density at radius 3 is 2.67 bits per heavy atom. The lowest BCUT2D eigenvalue weighted by Crippen LogP contribution is -2.04. The van der Waals surface area contributed by atoms with Crippen molar-refractivity contribution in [1.29, 1.82) is 0 Å². The number of halogens is 1. The molecule has 0 atom stereocenters. The lowest BCUT2D eigenvalue weighted by Gasteiger charge is -2.12. The van der Waals surface area contributed by atoms with E-state index in [2.05, 4.69) is 29.3 Å². The SMILES string of the molecule is CCc1[nH]nc2c(-c3ccccc3)c(CCN)cc(Cl)c12. The molecule has 3 aromatic rings. The highest BCUT2D eigenvalue weighted by Gasteiger charge is 2.17. The van der Waals surface area contributed by atoms with Gasteiger partial charge >= 0.3 is 0 Å². The number of nitrogens with two attached hydrogens (primary N) is 1. The first-order valence-electron chi connectivity index (χ1n) is 7.20. The quantitative estimate of drug-likeness (QED) is 0.766. The third-order valence-corrected chi connectivity index (χ3v) is 4.07. The van der Waals surface area contributed by atoms with Crippen molar-refractivity contribution in [3.05, 3.63) is 52.7 Å². The van der Waals surface area contributed by atoms with Crippen LogP contribution in [-0.2, 0) is 12.8 Å². The van der Waals surface area contributed by atoms with Crippen LogP contribution in [0.3, 0.4) is 0 Å². The second-order valence-corrected chi connectivity index (χ2v) is 5.48. The molecule has 0 unspecified atom stereocenters. The minimum Gasteiger partial charge on any atom is -0.330 e. The van der Waals surface area contributed by atoms with E-state index < -0.39 is 0 Å². The summed E-state index contributed by atoms with van der Waals surface area (Å²) < 4.78 is 0. The van der Waals surface area contributed by atoms with Crippen LogP contribution in [0.25, 0.3) is 22.0 Å². The van der Waals surface area contributed by atoms with Crippen LogP contribution in [0.2, 0.25) is 5.02 Å². The Labute approximate surface area is 129 Å². The van der Waals surface area contributed by atoms with Crippen molar-refractivity contribution >= 4 is 22.5 Å². The first-order valence-corrected chi connectivity index (χ1v) is 7.57. The van der Waals surface area contributed by atoms with E-state index in [-0.39, 0.29) is 0 Å². The fraction of sp³-hybridized carbons (Fsp3) is 0.235. The molecule has 2 aromatic carbocycles. The van der Waals surface area contributed by atoms with Gasteiger partial charge in [0.15, 0.2) is 0 Å². The Bertz CT molecular complexity index is 763. The highest BCUT2D eigenvalue weighted by molar-refractivity contribution is 6.36. The lowest BCUT2D eigenvalue weighted by atomic mass is 9.94. The monoisotopic (exact) mass is 299 g/mol. The van der Waals surface area contributed by atoms with Crippen molar-refractivity contribution in [1.82, 2.24) is 10.2 Å². The Hall–Kier alpha value is -1.84. The van der Waals surface area contributed by atoms with E-state index in [1.807, 2.05) is 24.3 Å². The molecule has 1 heterocycles. The molecular formula is C17H18ClN3. The predicted octanol–water partition coefficient (Wildman–Crippen LogP) is 3.95. The van der Waals surface area contributed by atoms with Crippen LogP contribution in [0.15, 0.2) is 36.4 Å². The number of benzene rings is 2. The minimum atomic E-state index is 0.590. The number of H-pyrrole nitrogens is 1. The zero-order chi connectivity index (χ0) is 14.8. The fourth-order valence-corrected chi connectivity index (χ4v) is 3.14. The van der Waals surface area contributed by atoms with E-state index in [1.54, 1.807) is 0 Å². The van der Waals surface area contributed by atoms with E-state index in [9.17, 15) is 0 Å². The molecule has 0 aliphatic rings. The maximum absolute atomic E-state index is 6.48. The van der Waals surface area contributed by atoms with Gasteiger partial charge in [-0.1, -0.05) is 48.9 Å². The number of hydrogen-bond donors (Lipinski definition) is 2. The smallest absolute Gasteiger partial charge is 0.102 e. The lowest BCUT2D eigenvalue weighted by molar-refractivity contribution is 0.970. The zero-order valence-electron chi connectivity index (χ0n) is 12.0. The van der Waals surface area contributed by atoms with Crippen LogP contribution in [0.4, 0.5) is 0 Å². The zero-order valence-corrected chi connectivity index (χ0v) is 12.7. The fourth-order valence-electron chi connectivity index (χ4n) is 2.80. The van der Waals surface area contributed by atoms with E-state index >= 15 is 0 Å². The van der Waals surface area contributed by atoms with Gasteiger partial charge in [0.05, 0.1) is 5.02 Å². The molecule has 4 heteroatoms. The first kappa shape index (κ1) is 14.1. The summed E-state index contributed by atoms with van der Waals surface area (Å²) in [7, 11) is 0. The van der Waals surface area contributed by atoms with Crippen LogP contribution in [0.5, 0.6) is 0 Å². The maximum Gasteiger partial charge on any atom is 0.102 e. The second-order valence-electron chi connectivity index (χ2n) is 5.08. The number of aromatic nitrogens is 2. The molecule has 3 nitrogen and oxygen atoms in total. The van der Waals surface area contributed by atoms with Gasteiger partial charge in [0.1, 0.15) is 5.52 Å². The van der Waals surface area contributed by atoms with Gasteiger partial charge in [-0.25, -0.2) is 0 Å². The van der Waals surface area contributed by atoms with Crippen LogP contribution in [-0.4, -0.2) is 16.7 Å². The summed E-state index contributed by atoms with van der Waals surface area (Å²) in [5.74, 6) is 0. The molecule has 0 spiro atoms. The average Bonchev–Trinajstić information content (AvgIpc) is 2.93. The summed E-state index contributed by atoms with van der Waals surface area (Å²) in [6.45, 7) is 2.69. The van der Waals surface area contributed by atoms with Gasteiger partial charge in [0.2, 0.25) is 0 Å². The van der Waals surface area contributed by atoms with E-state index in [4.69, 9.17) is 17.3 Å². The van der Waals surface area contributed by atoms with Gasteiger partial charge in [0.25, 0.3) is 0 Å². The molecule has 0 aliphatic heterocycles. The Morgan fingerprint density at radius 1 is 1.24 bits per heavy atom. The Balaban J connectivity index is 2.36. The van der Waals surface area contributed by atoms with E-state index in [1.165, 1.54) is 0 Å². The summed E-state index contributed by atoms with van der Waals surface area (Å²) in [4.78, 5) is 0. The summed E-state index contributed by atoms with van der Waals surface area (Å²) in [5.41, 5.74) is 11.2. The Kier molecular flexibility index (Phi) is 3.95. The van der Waals surface area contributed by atoms with Gasteiger partial charge in [0, 0.05) is 16.6 Å². The summed E-state index contributed by atoms with van der Waals surface area (Å²) in [6, 6.07) is 12.3. The third-order valence-electron chi connectivity index (χ3n) is 3.77. The molecule has 0 aliphatic carbocycles. The average molecular weight is 300 g/mol. The number of hydrogen-bond acceptors (Lipinski definition) is 2. The van der Waals surface area contributed by atoms with Gasteiger partial charge < -0.3 is 5.73 Å². The first-order chi connectivity index (χ1) is 10.3. The molecule has 0 saturated carbocycles. The van der Waals surface area contributed by atoms with Crippen LogP contribution < -0.4 is 5.73 Å². The second kappa shape index (κ2) is 5.88. The third kappa shape index (κ3) is 2.43. The number of nitrogens with one attached hydrogen (secondary N) is 1. The molecule has 3 N–H and O–H groups in total. The highest BCUT2D eigenvalue weighted by Crippen LogP contribution is 2.37. The highest BCUT2D eigenvalue weighted by atomic mass is 35.5. The van der Waals surface area contributed by atoms with Gasteiger partial charge in [-0.15, -0.1) is 0 Å². The van der Waals surface area contributed by atoms with Gasteiger partial charge in [-0.2, -0.15) is 5.10 Å². The van der Waals surface area contributed by atoms with Crippen molar-refractivity contribution in [2.24, 2.45) is 5.73 Å². The number of aromatic amines is 1. The standard InChI is InChI=1S/C17H18ClN3/c1-2-14-16-13(18)10-12(8-9-19)15(17(16)21-20-14)11-6-4-3-5-7-11/h3-7,10H,2,8-9,19H2,1H3,(H,20,21). The molecule has 0 bridgehead atoms. The normalized spacial score (nSPS) is 11.2. The number of aryl methyl sites for hydroxylation is 1. The van der Waals surface area contributed by atoms with Crippen molar-refractivity contribution in [2.45, 2.75) is 19.8 Å². The van der Waals surface area contributed by atoms with Gasteiger partial charge in [-0.05, 0) is 36.6 Å². The largest absolute Gasteiger partial charge is 0.330 e. The minimum absolute atomic E-state index is 0.590.